The van der Waals surface area contributed by atoms with Crippen molar-refractivity contribution in [3.63, 3.8) is 0 Å². The van der Waals surface area contributed by atoms with Crippen LogP contribution in [0.4, 0.5) is 8.78 Å². The number of hydrogen-bond acceptors (Lipinski definition) is 2. The number of H-pyrrole nitrogens is 1. The topological polar surface area (TPSA) is 53.1 Å². The lowest BCUT2D eigenvalue weighted by Gasteiger charge is -2.07. The van der Waals surface area contributed by atoms with Crippen LogP contribution in [0.5, 0.6) is 5.75 Å². The Morgan fingerprint density at radius 2 is 2.06 bits per heavy atom. The summed E-state index contributed by atoms with van der Waals surface area (Å²) in [6.45, 7) is 1.77. The predicted molar refractivity (Wildman–Crippen MR) is 55.5 cm³/mol. The van der Waals surface area contributed by atoms with Crippen LogP contribution in [0, 0.1) is 11.6 Å². The Labute approximate surface area is 89.3 Å². The van der Waals surface area contributed by atoms with Gasteiger partial charge >= 0.3 is 0 Å². The highest BCUT2D eigenvalue weighted by Gasteiger charge is 2.16. The van der Waals surface area contributed by atoms with Gasteiger partial charge in [-0.3, -0.25) is 4.79 Å². The lowest BCUT2D eigenvalue weighted by molar-refractivity contribution is 0.427. The molecule has 0 aliphatic carbocycles. The molecule has 0 fully saturated rings. The molecule has 0 atom stereocenters. The summed E-state index contributed by atoms with van der Waals surface area (Å²) in [5.74, 6) is -2.80. The Balaban J connectivity index is 3.05. The number of halogens is 2. The van der Waals surface area contributed by atoms with E-state index in [1.807, 2.05) is 0 Å². The van der Waals surface area contributed by atoms with Crippen LogP contribution in [0.3, 0.4) is 0 Å². The van der Waals surface area contributed by atoms with Crippen molar-refractivity contribution in [2.75, 3.05) is 0 Å². The molecular formula is C11H9F2NO2. The van der Waals surface area contributed by atoms with Gasteiger partial charge in [-0.1, -0.05) is 13.0 Å². The van der Waals surface area contributed by atoms with Crippen LogP contribution in [0.1, 0.15) is 12.5 Å². The molecule has 16 heavy (non-hydrogen) atoms. The molecule has 2 aromatic rings. The van der Waals surface area contributed by atoms with E-state index in [2.05, 4.69) is 4.98 Å². The van der Waals surface area contributed by atoms with Gasteiger partial charge in [0.2, 0.25) is 5.75 Å². The molecule has 1 aromatic heterocycles. The largest absolute Gasteiger partial charge is 0.501 e. The van der Waals surface area contributed by atoms with E-state index >= 15 is 0 Å². The van der Waals surface area contributed by atoms with Crippen molar-refractivity contribution < 1.29 is 13.9 Å². The summed E-state index contributed by atoms with van der Waals surface area (Å²) in [6.07, 6.45) is 0.471. The second-order valence-electron chi connectivity index (χ2n) is 3.43. The molecule has 0 bridgehead atoms. The SMILES string of the molecule is CCc1ccc(F)c2[nH]c(=O)c(O)c(F)c12. The molecule has 5 heteroatoms. The molecule has 0 saturated heterocycles. The highest BCUT2D eigenvalue weighted by Crippen LogP contribution is 2.26. The van der Waals surface area contributed by atoms with Crippen LogP contribution in [0.2, 0.25) is 0 Å². The number of rotatable bonds is 1. The molecule has 2 rings (SSSR count). The van der Waals surface area contributed by atoms with Crippen molar-refractivity contribution in [1.82, 2.24) is 4.98 Å². The van der Waals surface area contributed by atoms with Gasteiger partial charge in [0.15, 0.2) is 5.82 Å². The Kier molecular flexibility index (Phi) is 2.38. The second-order valence-corrected chi connectivity index (χ2v) is 3.43. The summed E-state index contributed by atoms with van der Waals surface area (Å²) in [6, 6.07) is 2.59. The number of aryl methyl sites for hydroxylation is 1. The van der Waals surface area contributed by atoms with Gasteiger partial charge in [-0.2, -0.15) is 0 Å². The second kappa shape index (κ2) is 3.59. The molecule has 0 radical (unpaired) electrons. The molecule has 0 aliphatic heterocycles. The number of aromatic nitrogens is 1. The van der Waals surface area contributed by atoms with E-state index in [1.54, 1.807) is 6.92 Å². The van der Waals surface area contributed by atoms with Gasteiger partial charge in [-0.05, 0) is 18.1 Å². The molecular weight excluding hydrogens is 216 g/mol. The smallest absolute Gasteiger partial charge is 0.293 e. The molecule has 0 unspecified atom stereocenters. The fraction of sp³-hybridized carbons (Fsp3) is 0.182. The Morgan fingerprint density at radius 1 is 1.38 bits per heavy atom. The van der Waals surface area contributed by atoms with Crippen molar-refractivity contribution in [2.24, 2.45) is 0 Å². The van der Waals surface area contributed by atoms with E-state index in [4.69, 9.17) is 0 Å². The number of benzene rings is 1. The standard InChI is InChI=1S/C11H9F2NO2/c1-2-5-3-4-6(12)9-7(5)8(13)10(15)11(16)14-9/h3-4,15H,2H2,1H3,(H,14,16). The van der Waals surface area contributed by atoms with Crippen molar-refractivity contribution in [3.05, 3.63) is 39.7 Å². The predicted octanol–water partition coefficient (Wildman–Crippen LogP) is 2.07. The Bertz CT molecular complexity index is 619. The maximum absolute atomic E-state index is 13.6. The van der Waals surface area contributed by atoms with Crippen molar-refractivity contribution >= 4 is 10.9 Å². The Hall–Kier alpha value is -1.91. The quantitative estimate of drug-likeness (QED) is 0.780. The molecule has 1 aromatic carbocycles. The molecule has 2 N–H and O–H groups in total. The van der Waals surface area contributed by atoms with E-state index in [0.717, 1.165) is 6.07 Å². The third kappa shape index (κ3) is 1.36. The van der Waals surface area contributed by atoms with E-state index in [-0.39, 0.29) is 10.9 Å². The molecule has 0 saturated carbocycles. The van der Waals surface area contributed by atoms with Gasteiger partial charge in [0, 0.05) is 5.39 Å². The number of fused-ring (bicyclic) bond motifs is 1. The summed E-state index contributed by atoms with van der Waals surface area (Å²) in [5, 5.41) is 9.10. The summed E-state index contributed by atoms with van der Waals surface area (Å²) in [7, 11) is 0. The van der Waals surface area contributed by atoms with E-state index in [0.29, 0.717) is 12.0 Å². The maximum Gasteiger partial charge on any atom is 0.293 e. The van der Waals surface area contributed by atoms with Crippen molar-refractivity contribution in [1.29, 1.82) is 0 Å². The van der Waals surface area contributed by atoms with Gasteiger partial charge in [0.05, 0.1) is 5.52 Å². The average Bonchev–Trinajstić information content (AvgIpc) is 2.27. The normalized spacial score (nSPS) is 10.9. The molecule has 0 spiro atoms. The third-order valence-electron chi connectivity index (χ3n) is 2.50. The number of pyridine rings is 1. The minimum Gasteiger partial charge on any atom is -0.501 e. The first-order valence-corrected chi connectivity index (χ1v) is 4.78. The lowest BCUT2D eigenvalue weighted by atomic mass is 10.1. The molecule has 3 nitrogen and oxygen atoms in total. The molecule has 1 heterocycles. The first-order chi connectivity index (χ1) is 7.56. The fourth-order valence-electron chi connectivity index (χ4n) is 1.68. The molecule has 84 valence electrons. The minimum atomic E-state index is -1.07. The summed E-state index contributed by atoms with van der Waals surface area (Å²) in [4.78, 5) is 13.2. The number of aromatic amines is 1. The first kappa shape index (κ1) is 10.6. The maximum atomic E-state index is 13.6. The van der Waals surface area contributed by atoms with Gasteiger partial charge in [0.25, 0.3) is 5.56 Å². The van der Waals surface area contributed by atoms with Gasteiger partial charge < -0.3 is 10.1 Å². The highest BCUT2D eigenvalue weighted by atomic mass is 19.1. The number of hydrogen-bond donors (Lipinski definition) is 2. The van der Waals surface area contributed by atoms with Crippen molar-refractivity contribution in [3.8, 4) is 5.75 Å². The van der Waals surface area contributed by atoms with E-state index in [9.17, 15) is 18.7 Å². The third-order valence-corrected chi connectivity index (χ3v) is 2.50. The highest BCUT2D eigenvalue weighted by molar-refractivity contribution is 5.84. The minimum absolute atomic E-state index is 0.0698. The monoisotopic (exact) mass is 225 g/mol. The van der Waals surface area contributed by atoms with Crippen LogP contribution >= 0.6 is 0 Å². The summed E-state index contributed by atoms with van der Waals surface area (Å²) in [5.41, 5.74) is -0.711. The summed E-state index contributed by atoms with van der Waals surface area (Å²) < 4.78 is 27.0. The number of nitrogens with one attached hydrogen (secondary N) is 1. The zero-order chi connectivity index (χ0) is 11.9. The van der Waals surface area contributed by atoms with Crippen LogP contribution < -0.4 is 5.56 Å². The fourth-order valence-corrected chi connectivity index (χ4v) is 1.68. The zero-order valence-electron chi connectivity index (χ0n) is 8.47. The van der Waals surface area contributed by atoms with Crippen molar-refractivity contribution in [2.45, 2.75) is 13.3 Å². The summed E-state index contributed by atoms with van der Waals surface area (Å²) >= 11 is 0. The number of aromatic hydroxyl groups is 1. The van der Waals surface area contributed by atoms with Gasteiger partial charge in [-0.15, -0.1) is 0 Å². The van der Waals surface area contributed by atoms with E-state index < -0.39 is 22.9 Å². The first-order valence-electron chi connectivity index (χ1n) is 4.78. The van der Waals surface area contributed by atoms with Crippen LogP contribution in [-0.2, 0) is 6.42 Å². The zero-order valence-corrected chi connectivity index (χ0v) is 8.47. The van der Waals surface area contributed by atoms with Gasteiger partial charge in [-0.25, -0.2) is 8.78 Å². The van der Waals surface area contributed by atoms with Crippen LogP contribution in [0.25, 0.3) is 10.9 Å². The van der Waals surface area contributed by atoms with Crippen LogP contribution in [0.15, 0.2) is 16.9 Å². The Morgan fingerprint density at radius 3 is 2.69 bits per heavy atom. The lowest BCUT2D eigenvalue weighted by Crippen LogP contribution is -2.09. The van der Waals surface area contributed by atoms with Crippen LogP contribution in [-0.4, -0.2) is 10.1 Å². The molecule has 0 aliphatic rings. The van der Waals surface area contributed by atoms with Gasteiger partial charge in [0.1, 0.15) is 5.82 Å². The molecule has 0 amide bonds. The average molecular weight is 225 g/mol. The van der Waals surface area contributed by atoms with E-state index in [1.165, 1.54) is 6.07 Å².